The Bertz CT molecular complexity index is 525. The molecule has 0 aliphatic carbocycles. The average molecular weight is 289 g/mol. The summed E-state index contributed by atoms with van der Waals surface area (Å²) in [5, 5.41) is 3.51. The van der Waals surface area contributed by atoms with Gasteiger partial charge in [0.2, 0.25) is 10.0 Å². The van der Waals surface area contributed by atoms with Crippen LogP contribution in [0.15, 0.2) is 23.1 Å². The monoisotopic (exact) mass is 288 g/mol. The minimum absolute atomic E-state index is 0.146. The van der Waals surface area contributed by atoms with Crippen LogP contribution < -0.4 is 10.0 Å². The molecule has 1 aromatic rings. The number of nitrogens with one attached hydrogen (secondary N) is 2. The molecule has 0 amide bonds. The van der Waals surface area contributed by atoms with E-state index in [4.69, 9.17) is 11.6 Å². The molecular weight excluding hydrogens is 272 g/mol. The van der Waals surface area contributed by atoms with Gasteiger partial charge in [0, 0.05) is 12.6 Å². The molecule has 0 unspecified atom stereocenters. The average Bonchev–Trinajstić information content (AvgIpc) is 2.78. The highest BCUT2D eigenvalue weighted by molar-refractivity contribution is 7.89. The molecule has 0 spiro atoms. The van der Waals surface area contributed by atoms with Crippen molar-refractivity contribution in [3.8, 4) is 0 Å². The highest BCUT2D eigenvalue weighted by Gasteiger charge is 2.21. The zero-order valence-corrected chi connectivity index (χ0v) is 11.8. The number of sulfonamides is 1. The van der Waals surface area contributed by atoms with E-state index in [-0.39, 0.29) is 16.0 Å². The van der Waals surface area contributed by atoms with E-state index >= 15 is 0 Å². The van der Waals surface area contributed by atoms with Crippen LogP contribution in [0, 0.1) is 6.92 Å². The van der Waals surface area contributed by atoms with Gasteiger partial charge >= 0.3 is 0 Å². The third-order valence-electron chi connectivity index (χ3n) is 3.06. The van der Waals surface area contributed by atoms with Crippen molar-refractivity contribution >= 4 is 21.6 Å². The fraction of sp³-hybridized carbons (Fsp3) is 0.500. The molecule has 2 rings (SSSR count). The predicted octanol–water partition coefficient (Wildman–Crippen LogP) is 1.68. The summed E-state index contributed by atoms with van der Waals surface area (Å²) in [4.78, 5) is 0.146. The van der Waals surface area contributed by atoms with E-state index in [1.54, 1.807) is 18.2 Å². The van der Waals surface area contributed by atoms with Gasteiger partial charge in [-0.05, 0) is 44.0 Å². The first kappa shape index (κ1) is 13.8. The molecule has 1 atom stereocenters. The lowest BCUT2D eigenvalue weighted by atomic mass is 10.2. The van der Waals surface area contributed by atoms with E-state index in [0.29, 0.717) is 6.54 Å². The Balaban J connectivity index is 2.09. The summed E-state index contributed by atoms with van der Waals surface area (Å²) >= 11 is 5.97. The molecule has 6 heteroatoms. The highest BCUT2D eigenvalue weighted by atomic mass is 35.5. The summed E-state index contributed by atoms with van der Waals surface area (Å²) in [6, 6.07) is 5.17. The Morgan fingerprint density at radius 1 is 1.50 bits per heavy atom. The first-order chi connectivity index (χ1) is 8.49. The zero-order chi connectivity index (χ0) is 13.2. The standard InChI is InChI=1S/C12H17ClN2O2S/c1-9-4-5-12(11(13)7-9)18(16,17)15-8-10-3-2-6-14-10/h4-5,7,10,14-15H,2-3,6,8H2,1H3/t10-/m0/s1. The van der Waals surface area contributed by atoms with Crippen LogP contribution in [0.5, 0.6) is 0 Å². The van der Waals surface area contributed by atoms with Gasteiger partial charge in [-0.2, -0.15) is 0 Å². The van der Waals surface area contributed by atoms with Gasteiger partial charge in [-0.1, -0.05) is 17.7 Å². The van der Waals surface area contributed by atoms with Crippen molar-refractivity contribution in [3.05, 3.63) is 28.8 Å². The number of halogens is 1. The van der Waals surface area contributed by atoms with Crippen LogP contribution in [0.4, 0.5) is 0 Å². The third kappa shape index (κ3) is 3.23. The molecule has 18 heavy (non-hydrogen) atoms. The van der Waals surface area contributed by atoms with Crippen LogP contribution in [0.3, 0.4) is 0 Å². The van der Waals surface area contributed by atoms with Crippen molar-refractivity contribution in [3.63, 3.8) is 0 Å². The molecular formula is C12H17ClN2O2S. The van der Waals surface area contributed by atoms with Crippen LogP contribution in [-0.4, -0.2) is 27.5 Å². The Morgan fingerprint density at radius 3 is 2.89 bits per heavy atom. The Hall–Kier alpha value is -0.620. The van der Waals surface area contributed by atoms with Gasteiger partial charge in [-0.15, -0.1) is 0 Å². The maximum atomic E-state index is 12.1. The molecule has 0 aromatic heterocycles. The van der Waals surface area contributed by atoms with E-state index < -0.39 is 10.0 Å². The Labute approximate surface area is 113 Å². The summed E-state index contributed by atoms with van der Waals surface area (Å²) in [6.07, 6.45) is 2.10. The minimum atomic E-state index is -3.52. The molecule has 1 aliphatic rings. The number of rotatable bonds is 4. The van der Waals surface area contributed by atoms with E-state index in [0.717, 1.165) is 24.9 Å². The van der Waals surface area contributed by atoms with Crippen molar-refractivity contribution in [2.45, 2.75) is 30.7 Å². The summed E-state index contributed by atoms with van der Waals surface area (Å²) < 4.78 is 26.8. The van der Waals surface area contributed by atoms with Crippen molar-refractivity contribution in [1.82, 2.24) is 10.0 Å². The van der Waals surface area contributed by atoms with Crippen molar-refractivity contribution in [1.29, 1.82) is 0 Å². The Kier molecular flexibility index (Phi) is 4.27. The van der Waals surface area contributed by atoms with Crippen LogP contribution in [0.2, 0.25) is 5.02 Å². The van der Waals surface area contributed by atoms with Gasteiger partial charge in [0.05, 0.1) is 5.02 Å². The summed E-state index contributed by atoms with van der Waals surface area (Å²) in [6.45, 7) is 3.24. The molecule has 1 aromatic carbocycles. The first-order valence-corrected chi connectivity index (χ1v) is 7.84. The normalized spacial score (nSPS) is 20.2. The second-order valence-corrected chi connectivity index (χ2v) is 6.72. The van der Waals surface area contributed by atoms with E-state index in [1.165, 1.54) is 0 Å². The molecule has 1 fully saturated rings. The van der Waals surface area contributed by atoms with Crippen LogP contribution in [0.1, 0.15) is 18.4 Å². The molecule has 0 bridgehead atoms. The predicted molar refractivity (Wildman–Crippen MR) is 72.4 cm³/mol. The van der Waals surface area contributed by atoms with Gasteiger partial charge in [0.25, 0.3) is 0 Å². The molecule has 0 radical (unpaired) electrons. The fourth-order valence-electron chi connectivity index (χ4n) is 2.04. The molecule has 100 valence electrons. The lowest BCUT2D eigenvalue weighted by molar-refractivity contribution is 0.552. The molecule has 1 aliphatic heterocycles. The summed E-state index contributed by atoms with van der Waals surface area (Å²) in [7, 11) is -3.52. The van der Waals surface area contributed by atoms with E-state index in [9.17, 15) is 8.42 Å². The SMILES string of the molecule is Cc1ccc(S(=O)(=O)NC[C@@H]2CCCN2)c(Cl)c1. The fourth-order valence-corrected chi connectivity index (χ4v) is 3.72. The second-order valence-electron chi connectivity index (χ2n) is 4.58. The van der Waals surface area contributed by atoms with Gasteiger partial charge in [0.1, 0.15) is 4.90 Å². The molecule has 4 nitrogen and oxygen atoms in total. The van der Waals surface area contributed by atoms with Gasteiger partial charge in [-0.25, -0.2) is 13.1 Å². The van der Waals surface area contributed by atoms with Crippen molar-refractivity contribution in [2.75, 3.05) is 13.1 Å². The number of benzene rings is 1. The smallest absolute Gasteiger partial charge is 0.242 e. The van der Waals surface area contributed by atoms with Crippen LogP contribution in [0.25, 0.3) is 0 Å². The van der Waals surface area contributed by atoms with E-state index in [2.05, 4.69) is 10.0 Å². The van der Waals surface area contributed by atoms with Gasteiger partial charge < -0.3 is 5.32 Å². The van der Waals surface area contributed by atoms with E-state index in [1.807, 2.05) is 6.92 Å². The number of aryl methyl sites for hydroxylation is 1. The van der Waals surface area contributed by atoms with Crippen molar-refractivity contribution in [2.24, 2.45) is 0 Å². The van der Waals surface area contributed by atoms with Crippen LogP contribution >= 0.6 is 11.6 Å². The largest absolute Gasteiger partial charge is 0.313 e. The molecule has 1 heterocycles. The maximum absolute atomic E-state index is 12.1. The first-order valence-electron chi connectivity index (χ1n) is 5.98. The topological polar surface area (TPSA) is 58.2 Å². The lowest BCUT2D eigenvalue weighted by Gasteiger charge is -2.13. The molecule has 2 N–H and O–H groups in total. The van der Waals surface area contributed by atoms with Gasteiger partial charge in [0.15, 0.2) is 0 Å². The van der Waals surface area contributed by atoms with Crippen LogP contribution in [-0.2, 0) is 10.0 Å². The lowest BCUT2D eigenvalue weighted by Crippen LogP contribution is -2.37. The molecule has 1 saturated heterocycles. The highest BCUT2D eigenvalue weighted by Crippen LogP contribution is 2.22. The summed E-state index contributed by atoms with van der Waals surface area (Å²) in [5.74, 6) is 0. The van der Waals surface area contributed by atoms with Gasteiger partial charge in [-0.3, -0.25) is 0 Å². The number of hydrogen-bond acceptors (Lipinski definition) is 3. The third-order valence-corrected chi connectivity index (χ3v) is 4.97. The molecule has 0 saturated carbocycles. The quantitative estimate of drug-likeness (QED) is 0.886. The maximum Gasteiger partial charge on any atom is 0.242 e. The Morgan fingerprint density at radius 2 is 2.28 bits per heavy atom. The minimum Gasteiger partial charge on any atom is -0.313 e. The zero-order valence-electron chi connectivity index (χ0n) is 10.2. The number of hydrogen-bond donors (Lipinski definition) is 2. The summed E-state index contributed by atoms with van der Waals surface area (Å²) in [5.41, 5.74) is 0.941. The van der Waals surface area contributed by atoms with Crippen molar-refractivity contribution < 1.29 is 8.42 Å². The second kappa shape index (κ2) is 5.57.